The van der Waals surface area contributed by atoms with Gasteiger partial charge in [0.1, 0.15) is 0 Å². The van der Waals surface area contributed by atoms with Gasteiger partial charge in [0.25, 0.3) is 0 Å². The lowest BCUT2D eigenvalue weighted by molar-refractivity contribution is 0.440. The van der Waals surface area contributed by atoms with E-state index in [-0.39, 0.29) is 0 Å². The SMILES string of the molecule is O=P(NCl)(NCl)N(CCCl)CCCl. The number of nitrogens with one attached hydrogen (secondary N) is 2. The Morgan fingerprint density at radius 3 is 1.69 bits per heavy atom. The fraction of sp³-hybridized carbons (Fsp3) is 1.00. The summed E-state index contributed by atoms with van der Waals surface area (Å²) in [7, 11) is -3.13. The quantitative estimate of drug-likeness (QED) is 0.429. The van der Waals surface area contributed by atoms with Crippen molar-refractivity contribution in [2.75, 3.05) is 24.8 Å². The molecule has 0 rings (SSSR count). The van der Waals surface area contributed by atoms with Crippen LogP contribution in [0.1, 0.15) is 0 Å². The van der Waals surface area contributed by atoms with Crippen LogP contribution >= 0.6 is 54.3 Å². The molecule has 0 aromatic carbocycles. The summed E-state index contributed by atoms with van der Waals surface area (Å²) in [6, 6.07) is 0. The highest BCUT2D eigenvalue weighted by molar-refractivity contribution is 7.59. The van der Waals surface area contributed by atoms with E-state index >= 15 is 0 Å². The summed E-state index contributed by atoms with van der Waals surface area (Å²) in [6.07, 6.45) is 0. The summed E-state index contributed by atoms with van der Waals surface area (Å²) in [4.78, 5) is 0. The van der Waals surface area contributed by atoms with Gasteiger partial charge in [-0.3, -0.25) is 4.57 Å². The number of hydrogen-bond donors (Lipinski definition) is 2. The van der Waals surface area contributed by atoms with E-state index in [1.807, 2.05) is 0 Å². The van der Waals surface area contributed by atoms with Gasteiger partial charge in [0, 0.05) is 24.8 Å². The highest BCUT2D eigenvalue weighted by Crippen LogP contribution is 2.41. The lowest BCUT2D eigenvalue weighted by atomic mass is 10.6. The van der Waals surface area contributed by atoms with Crippen molar-refractivity contribution >= 4 is 54.3 Å². The lowest BCUT2D eigenvalue weighted by Crippen LogP contribution is -2.32. The third kappa shape index (κ3) is 4.54. The third-order valence-corrected chi connectivity index (χ3v) is 4.68. The second-order valence-electron chi connectivity index (χ2n) is 2.08. The molecule has 0 unspecified atom stereocenters. The van der Waals surface area contributed by atoms with Crippen LogP contribution in [0.25, 0.3) is 0 Å². The summed E-state index contributed by atoms with van der Waals surface area (Å²) in [5, 5.41) is 0. The second kappa shape index (κ2) is 7.55. The van der Waals surface area contributed by atoms with E-state index in [1.165, 1.54) is 4.67 Å². The molecular formula is C4H10Cl4N3OP. The average Bonchev–Trinajstić information content (AvgIpc) is 2.16. The van der Waals surface area contributed by atoms with Gasteiger partial charge in [-0.1, -0.05) is 0 Å². The predicted octanol–water partition coefficient (Wildman–Crippen LogP) is 2.36. The first kappa shape index (κ1) is 14.3. The maximum atomic E-state index is 11.8. The minimum atomic E-state index is -3.13. The van der Waals surface area contributed by atoms with Crippen LogP contribution in [0.3, 0.4) is 0 Å². The fourth-order valence-electron chi connectivity index (χ4n) is 0.711. The van der Waals surface area contributed by atoms with E-state index in [1.54, 1.807) is 0 Å². The Kier molecular flexibility index (Phi) is 8.28. The topological polar surface area (TPSA) is 44.4 Å². The maximum absolute atomic E-state index is 11.8. The number of rotatable bonds is 7. The van der Waals surface area contributed by atoms with E-state index in [0.717, 1.165) is 0 Å². The van der Waals surface area contributed by atoms with Gasteiger partial charge in [-0.25, -0.2) is 4.67 Å². The molecule has 13 heavy (non-hydrogen) atoms. The fourth-order valence-corrected chi connectivity index (χ4v) is 3.39. The van der Waals surface area contributed by atoms with E-state index in [0.29, 0.717) is 24.8 Å². The molecule has 0 spiro atoms. The van der Waals surface area contributed by atoms with Crippen LogP contribution in [-0.2, 0) is 4.57 Å². The molecule has 0 fully saturated rings. The third-order valence-electron chi connectivity index (χ3n) is 1.31. The molecule has 0 aliphatic rings. The van der Waals surface area contributed by atoms with Gasteiger partial charge >= 0.3 is 7.59 Å². The van der Waals surface area contributed by atoms with Gasteiger partial charge in [0.15, 0.2) is 0 Å². The zero-order valence-corrected chi connectivity index (χ0v) is 10.6. The molecule has 0 aliphatic carbocycles. The molecule has 0 radical (unpaired) electrons. The second-order valence-corrected chi connectivity index (χ2v) is 5.90. The molecule has 2 N–H and O–H groups in total. The Morgan fingerprint density at radius 2 is 1.46 bits per heavy atom. The van der Waals surface area contributed by atoms with Crippen LogP contribution in [0.2, 0.25) is 0 Å². The van der Waals surface area contributed by atoms with Gasteiger partial charge in [-0.2, -0.15) is 9.21 Å². The minimum Gasteiger partial charge on any atom is -0.268 e. The molecule has 0 aliphatic heterocycles. The summed E-state index contributed by atoms with van der Waals surface area (Å²) >= 11 is 21.6. The van der Waals surface area contributed by atoms with Crippen molar-refractivity contribution in [2.24, 2.45) is 0 Å². The van der Waals surface area contributed by atoms with Crippen LogP contribution in [0.4, 0.5) is 0 Å². The van der Waals surface area contributed by atoms with Crippen molar-refractivity contribution in [3.63, 3.8) is 0 Å². The molecule has 4 nitrogen and oxygen atoms in total. The first-order valence-electron chi connectivity index (χ1n) is 3.37. The molecule has 0 heterocycles. The number of alkyl halides is 2. The highest BCUT2D eigenvalue weighted by Gasteiger charge is 2.28. The van der Waals surface area contributed by atoms with Crippen molar-refractivity contribution in [1.29, 1.82) is 0 Å². The van der Waals surface area contributed by atoms with Gasteiger partial charge in [-0.05, 0) is 23.6 Å². The minimum absolute atomic E-state index is 0.317. The summed E-state index contributed by atoms with van der Waals surface area (Å²) in [5.74, 6) is 0.635. The Bertz CT molecular complexity index is 169. The van der Waals surface area contributed by atoms with E-state index in [9.17, 15) is 4.57 Å². The van der Waals surface area contributed by atoms with Gasteiger partial charge in [0.2, 0.25) is 0 Å². The molecule has 80 valence electrons. The number of hydrogen-bond acceptors (Lipinski definition) is 1. The average molecular weight is 289 g/mol. The lowest BCUT2D eigenvalue weighted by Gasteiger charge is -2.26. The van der Waals surface area contributed by atoms with Crippen LogP contribution in [0.5, 0.6) is 0 Å². The Balaban J connectivity index is 4.38. The molecule has 0 atom stereocenters. The maximum Gasteiger partial charge on any atom is 0.309 e. The monoisotopic (exact) mass is 287 g/mol. The van der Waals surface area contributed by atoms with Gasteiger partial charge < -0.3 is 0 Å². The molecule has 0 amide bonds. The molecule has 9 heteroatoms. The molecule has 0 aromatic rings. The van der Waals surface area contributed by atoms with Gasteiger partial charge in [0.05, 0.1) is 0 Å². The van der Waals surface area contributed by atoms with E-state index < -0.39 is 7.59 Å². The van der Waals surface area contributed by atoms with Crippen molar-refractivity contribution in [1.82, 2.24) is 13.9 Å². The summed E-state index contributed by atoms with van der Waals surface area (Å²) in [5.41, 5.74) is 0. The smallest absolute Gasteiger partial charge is 0.268 e. The Labute approximate surface area is 97.6 Å². The standard InChI is InChI=1S/C4H10Cl4N3OP/c5-1-3-11(4-2-6)13(12,9-7)10-8/h1-4H2,(H2,9,10,12). The van der Waals surface area contributed by atoms with Crippen LogP contribution < -0.4 is 9.21 Å². The van der Waals surface area contributed by atoms with Crippen LogP contribution in [0, 0.1) is 0 Å². The Hall–Kier alpha value is 1.27. The normalized spacial score (nSPS) is 12.4. The van der Waals surface area contributed by atoms with Crippen molar-refractivity contribution in [3.05, 3.63) is 0 Å². The van der Waals surface area contributed by atoms with E-state index in [2.05, 4.69) is 9.21 Å². The van der Waals surface area contributed by atoms with Crippen molar-refractivity contribution in [3.8, 4) is 0 Å². The highest BCUT2D eigenvalue weighted by atomic mass is 35.5. The zero-order chi connectivity index (χ0) is 10.3. The first-order valence-corrected chi connectivity index (χ1v) is 6.86. The molecule has 0 saturated heterocycles. The molecule has 0 saturated carbocycles. The number of halogens is 4. The molecule has 0 aromatic heterocycles. The predicted molar refractivity (Wildman–Crippen MR) is 58.6 cm³/mol. The molecular weight excluding hydrogens is 279 g/mol. The molecule has 0 bridgehead atoms. The van der Waals surface area contributed by atoms with Crippen LogP contribution in [0.15, 0.2) is 0 Å². The summed E-state index contributed by atoms with van der Waals surface area (Å²) < 4.78 is 17.4. The zero-order valence-electron chi connectivity index (χ0n) is 6.64. The number of nitrogens with zero attached hydrogens (tertiary/aromatic N) is 1. The van der Waals surface area contributed by atoms with Crippen molar-refractivity contribution in [2.45, 2.75) is 0 Å². The van der Waals surface area contributed by atoms with E-state index in [4.69, 9.17) is 46.8 Å². The van der Waals surface area contributed by atoms with Crippen molar-refractivity contribution < 1.29 is 4.57 Å². The summed E-state index contributed by atoms with van der Waals surface area (Å²) in [6.45, 7) is 0.760. The largest absolute Gasteiger partial charge is 0.309 e. The van der Waals surface area contributed by atoms with Crippen LogP contribution in [-0.4, -0.2) is 29.5 Å². The Morgan fingerprint density at radius 1 is 1.08 bits per heavy atom. The first-order chi connectivity index (χ1) is 6.14. The van der Waals surface area contributed by atoms with Gasteiger partial charge in [-0.15, -0.1) is 23.2 Å².